The van der Waals surface area contributed by atoms with Gasteiger partial charge in [0.2, 0.25) is 5.91 Å². The molecule has 6 nitrogen and oxygen atoms in total. The van der Waals surface area contributed by atoms with Crippen LogP contribution in [0.1, 0.15) is 53.4 Å². The molecule has 0 aliphatic rings. The Hall–Kier alpha value is -1.11. The molecule has 1 amide bonds. The molecule has 0 aliphatic heterocycles. The average molecular weight is 321 g/mol. The van der Waals surface area contributed by atoms with E-state index in [-0.39, 0.29) is 0 Å². The third-order valence-electron chi connectivity index (χ3n) is 3.27. The highest BCUT2D eigenvalue weighted by atomic mass is 32.2. The summed E-state index contributed by atoms with van der Waals surface area (Å²) in [5.74, 6) is -2.72. The van der Waals surface area contributed by atoms with E-state index in [0.717, 1.165) is 12.8 Å². The molecule has 0 aromatic carbocycles. The van der Waals surface area contributed by atoms with Gasteiger partial charge in [-0.25, -0.2) is 13.2 Å². The summed E-state index contributed by atoms with van der Waals surface area (Å²) in [5, 5.41) is 10.9. The third-order valence-corrected chi connectivity index (χ3v) is 5.55. The van der Waals surface area contributed by atoms with Gasteiger partial charge >= 0.3 is 5.97 Å². The highest BCUT2D eigenvalue weighted by Crippen LogP contribution is 2.17. The number of carbonyl (C=O) groups excluding carboxylic acids is 1. The molecule has 0 aromatic rings. The van der Waals surface area contributed by atoms with Gasteiger partial charge in [0.05, 0.1) is 11.0 Å². The van der Waals surface area contributed by atoms with Gasteiger partial charge in [0.15, 0.2) is 9.84 Å². The topological polar surface area (TPSA) is 101 Å². The Morgan fingerprint density at radius 1 is 1.10 bits per heavy atom. The molecule has 21 heavy (non-hydrogen) atoms. The predicted octanol–water partition coefficient (Wildman–Crippen LogP) is 1.60. The van der Waals surface area contributed by atoms with E-state index in [0.29, 0.717) is 12.8 Å². The maximum absolute atomic E-state index is 12.4. The van der Waals surface area contributed by atoms with E-state index in [1.54, 1.807) is 13.8 Å². The number of hydrogen-bond donors (Lipinski definition) is 2. The van der Waals surface area contributed by atoms with Crippen molar-refractivity contribution < 1.29 is 23.1 Å². The van der Waals surface area contributed by atoms with Crippen LogP contribution in [0.15, 0.2) is 0 Å². The first-order valence-electron chi connectivity index (χ1n) is 7.40. The zero-order valence-corrected chi connectivity index (χ0v) is 14.1. The van der Waals surface area contributed by atoms with Crippen molar-refractivity contribution in [2.45, 2.75) is 64.7 Å². The molecule has 0 unspecified atom stereocenters. The summed E-state index contributed by atoms with van der Waals surface area (Å²) in [6, 6.07) is -1.39. The molecule has 1 atom stereocenters. The van der Waals surface area contributed by atoms with Crippen LogP contribution in [0.2, 0.25) is 0 Å². The number of carboxylic acid groups (broad SMARTS) is 1. The van der Waals surface area contributed by atoms with Gasteiger partial charge in [-0.2, -0.15) is 0 Å². The van der Waals surface area contributed by atoms with Crippen molar-refractivity contribution in [1.29, 1.82) is 0 Å². The van der Waals surface area contributed by atoms with Crippen molar-refractivity contribution in [3.05, 3.63) is 0 Å². The van der Waals surface area contributed by atoms with Crippen molar-refractivity contribution in [3.8, 4) is 0 Å². The number of rotatable bonds is 10. The van der Waals surface area contributed by atoms with E-state index < -0.39 is 44.7 Å². The quantitative estimate of drug-likeness (QED) is 0.636. The van der Waals surface area contributed by atoms with Crippen molar-refractivity contribution in [2.24, 2.45) is 5.92 Å². The van der Waals surface area contributed by atoms with Gasteiger partial charge in [-0.3, -0.25) is 4.79 Å². The minimum absolute atomic E-state index is 0.392. The Labute approximate surface area is 127 Å². The zero-order chi connectivity index (χ0) is 16.6. The van der Waals surface area contributed by atoms with Crippen LogP contribution in [0.3, 0.4) is 0 Å². The second kappa shape index (κ2) is 9.02. The minimum Gasteiger partial charge on any atom is -0.480 e. The van der Waals surface area contributed by atoms with Crippen LogP contribution in [-0.4, -0.2) is 42.4 Å². The molecule has 124 valence electrons. The third kappa shape index (κ3) is 6.93. The van der Waals surface area contributed by atoms with Crippen molar-refractivity contribution >= 4 is 21.7 Å². The van der Waals surface area contributed by atoms with Crippen LogP contribution in [0.5, 0.6) is 0 Å². The molecule has 0 fully saturated rings. The van der Waals surface area contributed by atoms with E-state index >= 15 is 0 Å². The fourth-order valence-corrected chi connectivity index (χ4v) is 4.18. The standard InChI is InChI=1S/C14H27NO5S/c1-5-7-11(8-6-2)21(19,20)9-12(14(17)18)15-13(16)10(3)4/h10-12H,5-9H2,1-4H3,(H,15,16)(H,17,18)/t12-/m1/s1. The van der Waals surface area contributed by atoms with Crippen molar-refractivity contribution in [2.75, 3.05) is 5.75 Å². The summed E-state index contributed by atoms with van der Waals surface area (Å²) in [6.07, 6.45) is 2.47. The highest BCUT2D eigenvalue weighted by molar-refractivity contribution is 7.92. The molecule has 0 aliphatic carbocycles. The first-order valence-corrected chi connectivity index (χ1v) is 9.11. The maximum Gasteiger partial charge on any atom is 0.327 e. The van der Waals surface area contributed by atoms with Gasteiger partial charge < -0.3 is 10.4 Å². The molecule has 0 rings (SSSR count). The fourth-order valence-electron chi connectivity index (χ4n) is 2.03. The predicted molar refractivity (Wildman–Crippen MR) is 81.8 cm³/mol. The lowest BCUT2D eigenvalue weighted by Gasteiger charge is -2.21. The van der Waals surface area contributed by atoms with Crippen molar-refractivity contribution in [3.63, 3.8) is 0 Å². The number of nitrogens with one attached hydrogen (secondary N) is 1. The van der Waals surface area contributed by atoms with Gasteiger partial charge in [0.1, 0.15) is 6.04 Å². The summed E-state index contributed by atoms with van der Waals surface area (Å²) in [4.78, 5) is 22.8. The molecular formula is C14H27NO5S. The first-order chi connectivity index (χ1) is 9.65. The molecule has 2 N–H and O–H groups in total. The molecule has 0 bridgehead atoms. The fraction of sp³-hybridized carbons (Fsp3) is 0.857. The van der Waals surface area contributed by atoms with Crippen LogP contribution in [0, 0.1) is 5.92 Å². The Kier molecular flexibility index (Phi) is 8.54. The highest BCUT2D eigenvalue weighted by Gasteiger charge is 2.32. The van der Waals surface area contributed by atoms with Crippen molar-refractivity contribution in [1.82, 2.24) is 5.32 Å². The van der Waals surface area contributed by atoms with Gasteiger partial charge in [-0.1, -0.05) is 40.5 Å². The molecule has 0 saturated carbocycles. The van der Waals surface area contributed by atoms with Crippen LogP contribution >= 0.6 is 0 Å². The molecule has 7 heteroatoms. The lowest BCUT2D eigenvalue weighted by Crippen LogP contribution is -2.48. The molecule has 0 heterocycles. The normalized spacial score (nSPS) is 13.4. The Morgan fingerprint density at radius 2 is 1.57 bits per heavy atom. The molecule has 0 spiro atoms. The van der Waals surface area contributed by atoms with Crippen LogP contribution in [0.4, 0.5) is 0 Å². The second-order valence-corrected chi connectivity index (χ2v) is 7.91. The summed E-state index contributed by atoms with van der Waals surface area (Å²) in [7, 11) is -3.56. The minimum atomic E-state index is -3.56. The number of amides is 1. The number of carboxylic acids is 1. The average Bonchev–Trinajstić information content (AvgIpc) is 2.37. The zero-order valence-electron chi connectivity index (χ0n) is 13.3. The number of hydrogen-bond acceptors (Lipinski definition) is 4. The van der Waals surface area contributed by atoms with Gasteiger partial charge in [-0.15, -0.1) is 0 Å². The van der Waals surface area contributed by atoms with E-state index in [1.807, 2.05) is 13.8 Å². The molecule has 0 radical (unpaired) electrons. The second-order valence-electron chi connectivity index (χ2n) is 5.58. The summed E-state index contributed by atoms with van der Waals surface area (Å²) in [6.45, 7) is 7.04. The van der Waals surface area contributed by atoms with E-state index in [2.05, 4.69) is 5.32 Å². The van der Waals surface area contributed by atoms with Crippen LogP contribution < -0.4 is 5.32 Å². The smallest absolute Gasteiger partial charge is 0.327 e. The molecular weight excluding hydrogens is 294 g/mol. The number of sulfone groups is 1. The SMILES string of the molecule is CCCC(CCC)S(=O)(=O)C[C@@H](NC(=O)C(C)C)C(=O)O. The molecule has 0 aromatic heterocycles. The lowest BCUT2D eigenvalue weighted by atomic mass is 10.2. The summed E-state index contributed by atoms with van der Waals surface area (Å²) in [5.41, 5.74) is 0. The summed E-state index contributed by atoms with van der Waals surface area (Å²) >= 11 is 0. The Balaban J connectivity index is 5.04. The number of carbonyl (C=O) groups is 2. The van der Waals surface area contributed by atoms with E-state index in [9.17, 15) is 18.0 Å². The first kappa shape index (κ1) is 19.9. The lowest BCUT2D eigenvalue weighted by molar-refractivity contribution is -0.141. The van der Waals surface area contributed by atoms with Gasteiger partial charge in [-0.05, 0) is 12.8 Å². The largest absolute Gasteiger partial charge is 0.480 e. The van der Waals surface area contributed by atoms with Crippen LogP contribution in [-0.2, 0) is 19.4 Å². The summed E-state index contributed by atoms with van der Waals surface area (Å²) < 4.78 is 24.7. The van der Waals surface area contributed by atoms with Crippen LogP contribution in [0.25, 0.3) is 0 Å². The Morgan fingerprint density at radius 3 is 1.90 bits per heavy atom. The van der Waals surface area contributed by atoms with E-state index in [1.165, 1.54) is 0 Å². The molecule has 0 saturated heterocycles. The maximum atomic E-state index is 12.4. The van der Waals surface area contributed by atoms with E-state index in [4.69, 9.17) is 5.11 Å². The van der Waals surface area contributed by atoms with Gasteiger partial charge in [0.25, 0.3) is 0 Å². The monoisotopic (exact) mass is 321 g/mol. The Bertz CT molecular complexity index is 438. The van der Waals surface area contributed by atoms with Gasteiger partial charge in [0, 0.05) is 5.92 Å². The number of aliphatic carboxylic acids is 1.